The van der Waals surface area contributed by atoms with Crippen LogP contribution in [0.5, 0.6) is 0 Å². The van der Waals surface area contributed by atoms with E-state index in [4.69, 9.17) is 5.73 Å². The molecule has 0 spiro atoms. The standard InChI is InChI=1S/C15H25BrN2/c1-4-15(5-2,11-17)12-18(3)10-13-7-6-8-14(16)9-13/h6-9H,4-5,10-12,17H2,1-3H3. The van der Waals surface area contributed by atoms with E-state index < -0.39 is 0 Å². The van der Waals surface area contributed by atoms with Crippen molar-refractivity contribution in [2.24, 2.45) is 11.1 Å². The van der Waals surface area contributed by atoms with Gasteiger partial charge in [0.15, 0.2) is 0 Å². The normalized spacial score (nSPS) is 12.1. The monoisotopic (exact) mass is 312 g/mol. The molecule has 2 N–H and O–H groups in total. The first kappa shape index (κ1) is 15.7. The number of rotatable bonds is 7. The van der Waals surface area contributed by atoms with Crippen molar-refractivity contribution in [2.75, 3.05) is 20.1 Å². The fourth-order valence-electron chi connectivity index (χ4n) is 2.40. The molecule has 0 aliphatic rings. The zero-order chi connectivity index (χ0) is 13.6. The van der Waals surface area contributed by atoms with E-state index >= 15 is 0 Å². The molecule has 0 radical (unpaired) electrons. The molecule has 0 amide bonds. The summed E-state index contributed by atoms with van der Waals surface area (Å²) in [6, 6.07) is 8.50. The second-order valence-corrected chi connectivity index (χ2v) is 6.13. The maximum Gasteiger partial charge on any atom is 0.0231 e. The number of hydrogen-bond acceptors (Lipinski definition) is 2. The molecule has 102 valence electrons. The third-order valence-corrected chi connectivity index (χ3v) is 4.37. The first-order valence-electron chi connectivity index (χ1n) is 6.68. The van der Waals surface area contributed by atoms with E-state index in [1.54, 1.807) is 0 Å². The maximum absolute atomic E-state index is 5.96. The summed E-state index contributed by atoms with van der Waals surface area (Å²) < 4.78 is 1.14. The molecule has 1 aromatic carbocycles. The fourth-order valence-corrected chi connectivity index (χ4v) is 2.85. The summed E-state index contributed by atoms with van der Waals surface area (Å²) in [6.07, 6.45) is 2.28. The van der Waals surface area contributed by atoms with Gasteiger partial charge in [-0.1, -0.05) is 41.9 Å². The van der Waals surface area contributed by atoms with E-state index in [1.165, 1.54) is 5.56 Å². The Hall–Kier alpha value is -0.380. The molecule has 0 unspecified atom stereocenters. The van der Waals surface area contributed by atoms with E-state index in [1.807, 2.05) is 0 Å². The minimum Gasteiger partial charge on any atom is -0.330 e. The molecular formula is C15H25BrN2. The van der Waals surface area contributed by atoms with Crippen molar-refractivity contribution in [2.45, 2.75) is 33.2 Å². The van der Waals surface area contributed by atoms with Crippen molar-refractivity contribution < 1.29 is 0 Å². The molecule has 1 rings (SSSR count). The minimum absolute atomic E-state index is 0.265. The quantitative estimate of drug-likeness (QED) is 0.832. The molecule has 0 saturated carbocycles. The Labute approximate surface area is 120 Å². The van der Waals surface area contributed by atoms with Gasteiger partial charge >= 0.3 is 0 Å². The Morgan fingerprint density at radius 2 is 1.94 bits per heavy atom. The van der Waals surface area contributed by atoms with Crippen LogP contribution in [0.1, 0.15) is 32.3 Å². The third-order valence-electron chi connectivity index (χ3n) is 3.88. The molecule has 2 nitrogen and oxygen atoms in total. The van der Waals surface area contributed by atoms with Crippen LogP contribution in [0.25, 0.3) is 0 Å². The summed E-state index contributed by atoms with van der Waals surface area (Å²) in [4.78, 5) is 2.38. The van der Waals surface area contributed by atoms with Gasteiger partial charge < -0.3 is 10.6 Å². The van der Waals surface area contributed by atoms with Crippen LogP contribution in [0.15, 0.2) is 28.7 Å². The van der Waals surface area contributed by atoms with E-state index in [9.17, 15) is 0 Å². The van der Waals surface area contributed by atoms with Crippen LogP contribution in [0.3, 0.4) is 0 Å². The molecule has 0 bridgehead atoms. The van der Waals surface area contributed by atoms with Crippen molar-refractivity contribution in [1.82, 2.24) is 4.90 Å². The molecule has 0 saturated heterocycles. The van der Waals surface area contributed by atoms with E-state index in [2.05, 4.69) is 66.0 Å². The van der Waals surface area contributed by atoms with Crippen LogP contribution >= 0.6 is 15.9 Å². The van der Waals surface area contributed by atoms with Crippen LogP contribution in [0.4, 0.5) is 0 Å². The zero-order valence-electron chi connectivity index (χ0n) is 11.7. The number of nitrogens with zero attached hydrogens (tertiary/aromatic N) is 1. The highest BCUT2D eigenvalue weighted by atomic mass is 79.9. The summed E-state index contributed by atoms with van der Waals surface area (Å²) in [5.74, 6) is 0. The van der Waals surface area contributed by atoms with Gasteiger partial charge in [-0.3, -0.25) is 0 Å². The summed E-state index contributed by atoms with van der Waals surface area (Å²) >= 11 is 3.52. The molecule has 0 aromatic heterocycles. The van der Waals surface area contributed by atoms with Gasteiger partial charge in [-0.15, -0.1) is 0 Å². The highest BCUT2D eigenvalue weighted by Gasteiger charge is 2.25. The van der Waals surface area contributed by atoms with Gasteiger partial charge in [0.25, 0.3) is 0 Å². The highest BCUT2D eigenvalue weighted by molar-refractivity contribution is 9.10. The molecule has 18 heavy (non-hydrogen) atoms. The van der Waals surface area contributed by atoms with Crippen molar-refractivity contribution >= 4 is 15.9 Å². The molecule has 0 heterocycles. The zero-order valence-corrected chi connectivity index (χ0v) is 13.3. The van der Waals surface area contributed by atoms with Gasteiger partial charge in [-0.05, 0) is 49.5 Å². The molecule has 0 aliphatic carbocycles. The number of nitrogens with two attached hydrogens (primary N) is 1. The summed E-state index contributed by atoms with van der Waals surface area (Å²) in [5.41, 5.74) is 7.56. The average Bonchev–Trinajstić information content (AvgIpc) is 2.36. The lowest BCUT2D eigenvalue weighted by molar-refractivity contribution is 0.162. The first-order chi connectivity index (χ1) is 8.55. The van der Waals surface area contributed by atoms with Crippen molar-refractivity contribution in [3.05, 3.63) is 34.3 Å². The van der Waals surface area contributed by atoms with Crippen LogP contribution in [0, 0.1) is 5.41 Å². The van der Waals surface area contributed by atoms with Gasteiger partial charge in [0.1, 0.15) is 0 Å². The molecule has 0 atom stereocenters. The van der Waals surface area contributed by atoms with Crippen molar-refractivity contribution in [3.63, 3.8) is 0 Å². The van der Waals surface area contributed by atoms with Crippen molar-refractivity contribution in [3.8, 4) is 0 Å². The fraction of sp³-hybridized carbons (Fsp3) is 0.600. The summed E-state index contributed by atoms with van der Waals surface area (Å²) in [5, 5.41) is 0. The van der Waals surface area contributed by atoms with Crippen LogP contribution in [-0.2, 0) is 6.54 Å². The van der Waals surface area contributed by atoms with Gasteiger partial charge in [0.2, 0.25) is 0 Å². The van der Waals surface area contributed by atoms with E-state index in [0.717, 1.165) is 36.9 Å². The smallest absolute Gasteiger partial charge is 0.0231 e. The second kappa shape index (κ2) is 7.27. The third kappa shape index (κ3) is 4.38. The van der Waals surface area contributed by atoms with E-state index in [0.29, 0.717) is 0 Å². The van der Waals surface area contributed by atoms with Crippen LogP contribution in [-0.4, -0.2) is 25.0 Å². The lowest BCUT2D eigenvalue weighted by atomic mass is 9.82. The second-order valence-electron chi connectivity index (χ2n) is 5.21. The SMILES string of the molecule is CCC(CC)(CN)CN(C)Cc1cccc(Br)c1. The molecule has 1 aromatic rings. The van der Waals surface area contributed by atoms with Gasteiger partial charge in [-0.2, -0.15) is 0 Å². The predicted molar refractivity (Wildman–Crippen MR) is 82.5 cm³/mol. The van der Waals surface area contributed by atoms with Crippen molar-refractivity contribution in [1.29, 1.82) is 0 Å². The Morgan fingerprint density at radius 1 is 1.28 bits per heavy atom. The van der Waals surface area contributed by atoms with Gasteiger partial charge in [-0.25, -0.2) is 0 Å². The molecular weight excluding hydrogens is 288 g/mol. The first-order valence-corrected chi connectivity index (χ1v) is 7.47. The van der Waals surface area contributed by atoms with E-state index in [-0.39, 0.29) is 5.41 Å². The van der Waals surface area contributed by atoms with Gasteiger partial charge in [0, 0.05) is 17.6 Å². The lowest BCUT2D eigenvalue weighted by Gasteiger charge is -2.34. The molecule has 0 aliphatic heterocycles. The Kier molecular flexibility index (Phi) is 6.33. The minimum atomic E-state index is 0.265. The topological polar surface area (TPSA) is 29.3 Å². The summed E-state index contributed by atoms with van der Waals surface area (Å²) in [7, 11) is 2.18. The van der Waals surface area contributed by atoms with Crippen LogP contribution in [0.2, 0.25) is 0 Å². The highest BCUT2D eigenvalue weighted by Crippen LogP contribution is 2.26. The maximum atomic E-state index is 5.96. The lowest BCUT2D eigenvalue weighted by Crippen LogP contribution is -2.40. The van der Waals surface area contributed by atoms with Gasteiger partial charge in [0.05, 0.1) is 0 Å². The average molecular weight is 313 g/mol. The summed E-state index contributed by atoms with van der Waals surface area (Å²) in [6.45, 7) is 7.28. The number of halogens is 1. The largest absolute Gasteiger partial charge is 0.330 e. The van der Waals surface area contributed by atoms with Crippen LogP contribution < -0.4 is 5.73 Å². The number of hydrogen-bond donors (Lipinski definition) is 1. The Bertz CT molecular complexity index is 353. The Morgan fingerprint density at radius 3 is 2.44 bits per heavy atom. The molecule has 0 fully saturated rings. The molecule has 3 heteroatoms. The predicted octanol–water partition coefficient (Wildman–Crippen LogP) is 3.65. The number of benzene rings is 1. The Balaban J connectivity index is 2.63.